The third kappa shape index (κ3) is 6.74. The van der Waals surface area contributed by atoms with Crippen LogP contribution >= 0.6 is 39.0 Å². The molecule has 1 aromatic carbocycles. The maximum atomic E-state index is 12.4. The summed E-state index contributed by atoms with van der Waals surface area (Å²) >= 11 is 6.23. The molecule has 2 aromatic rings. The number of rotatable bonds is 8. The van der Waals surface area contributed by atoms with Crippen molar-refractivity contribution in [2.24, 2.45) is 5.92 Å². The number of carbonyl (C=O) groups excluding carboxylic acids is 1. The Kier molecular flexibility index (Phi) is 7.66. The first kappa shape index (κ1) is 22.1. The second-order valence-corrected chi connectivity index (χ2v) is 11.3. The van der Waals surface area contributed by atoms with Gasteiger partial charge in [0, 0.05) is 10.2 Å². The minimum Gasteiger partial charge on any atom is -0.299 e. The van der Waals surface area contributed by atoms with Gasteiger partial charge in [0.15, 0.2) is 4.34 Å². The summed E-state index contributed by atoms with van der Waals surface area (Å²) in [5.41, 5.74) is 1.30. The number of aryl methyl sites for hydroxylation is 1. The summed E-state index contributed by atoms with van der Waals surface area (Å²) in [6.07, 6.45) is 1.07. The van der Waals surface area contributed by atoms with Crippen LogP contribution in [0.15, 0.2) is 27.0 Å². The number of amides is 1. The number of thioether (sulfide) groups is 1. The first-order chi connectivity index (χ1) is 12.6. The van der Waals surface area contributed by atoms with Gasteiger partial charge in [-0.05, 0) is 36.6 Å². The van der Waals surface area contributed by atoms with E-state index in [0.29, 0.717) is 16.7 Å². The van der Waals surface area contributed by atoms with Gasteiger partial charge < -0.3 is 0 Å². The highest BCUT2D eigenvalue weighted by Gasteiger charge is 2.22. The normalized spacial score (nSPS) is 11.6. The van der Waals surface area contributed by atoms with Gasteiger partial charge in [-0.15, -0.1) is 10.2 Å². The Balaban J connectivity index is 2.09. The van der Waals surface area contributed by atoms with Gasteiger partial charge in [-0.3, -0.25) is 14.4 Å². The summed E-state index contributed by atoms with van der Waals surface area (Å²) in [5, 5.41) is 11.0. The van der Waals surface area contributed by atoms with Crippen LogP contribution in [0.2, 0.25) is 0 Å². The molecule has 148 valence electrons. The fourth-order valence-corrected chi connectivity index (χ4v) is 4.87. The first-order valence-corrected chi connectivity index (χ1v) is 12.5. The van der Waals surface area contributed by atoms with Gasteiger partial charge in [-0.25, -0.2) is 8.42 Å². The number of benzene rings is 1. The number of hydrogen-bond donors (Lipinski definition) is 1. The van der Waals surface area contributed by atoms with E-state index in [1.165, 1.54) is 11.3 Å². The lowest BCUT2D eigenvalue weighted by atomic mass is 10.2. The zero-order chi connectivity index (χ0) is 20.2. The van der Waals surface area contributed by atoms with Gasteiger partial charge >= 0.3 is 0 Å². The van der Waals surface area contributed by atoms with E-state index < -0.39 is 15.9 Å². The molecular formula is C16H21BrN4O3S3. The van der Waals surface area contributed by atoms with Crippen LogP contribution < -0.4 is 9.62 Å². The Morgan fingerprint density at radius 1 is 1.37 bits per heavy atom. The van der Waals surface area contributed by atoms with Crippen LogP contribution in [-0.4, -0.2) is 43.1 Å². The Morgan fingerprint density at radius 3 is 2.67 bits per heavy atom. The molecule has 0 bridgehead atoms. The van der Waals surface area contributed by atoms with E-state index in [1.807, 2.05) is 6.92 Å². The SMILES string of the molecule is Cc1cc(N(CC(=O)Nc2nnc(SCC(C)C)s2)S(C)(=O)=O)ccc1Br. The van der Waals surface area contributed by atoms with Crippen molar-refractivity contribution in [3.05, 3.63) is 28.2 Å². The molecule has 27 heavy (non-hydrogen) atoms. The molecule has 11 heteroatoms. The van der Waals surface area contributed by atoms with E-state index in [9.17, 15) is 13.2 Å². The predicted molar refractivity (Wildman–Crippen MR) is 115 cm³/mol. The molecular weight excluding hydrogens is 472 g/mol. The maximum absolute atomic E-state index is 12.4. The van der Waals surface area contributed by atoms with Crippen LogP contribution in [0.1, 0.15) is 19.4 Å². The summed E-state index contributed by atoms with van der Waals surface area (Å²) < 4.78 is 27.0. The average molecular weight is 493 g/mol. The summed E-state index contributed by atoms with van der Waals surface area (Å²) in [6.45, 7) is 5.74. The van der Waals surface area contributed by atoms with Gasteiger partial charge in [0.25, 0.3) is 0 Å². The molecule has 1 amide bonds. The fraction of sp³-hybridized carbons (Fsp3) is 0.438. The van der Waals surface area contributed by atoms with Crippen molar-refractivity contribution in [1.29, 1.82) is 0 Å². The molecule has 0 fully saturated rings. The predicted octanol–water partition coefficient (Wildman–Crippen LogP) is 3.76. The lowest BCUT2D eigenvalue weighted by Gasteiger charge is -2.22. The Labute approximate surface area is 176 Å². The van der Waals surface area contributed by atoms with Crippen molar-refractivity contribution in [2.75, 3.05) is 28.2 Å². The van der Waals surface area contributed by atoms with Crippen LogP contribution in [0.25, 0.3) is 0 Å². The molecule has 0 aliphatic heterocycles. The number of nitrogens with one attached hydrogen (secondary N) is 1. The monoisotopic (exact) mass is 492 g/mol. The van der Waals surface area contributed by atoms with Crippen LogP contribution in [0.5, 0.6) is 0 Å². The topological polar surface area (TPSA) is 92.3 Å². The summed E-state index contributed by atoms with van der Waals surface area (Å²) in [7, 11) is -3.63. The van der Waals surface area contributed by atoms with Crippen LogP contribution in [0.3, 0.4) is 0 Å². The van der Waals surface area contributed by atoms with Crippen molar-refractivity contribution in [2.45, 2.75) is 25.1 Å². The second-order valence-electron chi connectivity index (χ2n) is 6.33. The molecule has 0 saturated heterocycles. The lowest BCUT2D eigenvalue weighted by Crippen LogP contribution is -2.37. The number of hydrogen-bond acceptors (Lipinski definition) is 7. The lowest BCUT2D eigenvalue weighted by molar-refractivity contribution is -0.114. The minimum atomic E-state index is -3.63. The molecule has 0 atom stereocenters. The second kappa shape index (κ2) is 9.35. The van der Waals surface area contributed by atoms with E-state index in [1.54, 1.807) is 30.0 Å². The van der Waals surface area contributed by atoms with Crippen LogP contribution in [0, 0.1) is 12.8 Å². The zero-order valence-electron chi connectivity index (χ0n) is 15.4. The molecule has 1 N–H and O–H groups in total. The molecule has 0 aliphatic rings. The van der Waals surface area contributed by atoms with Crippen LogP contribution in [0.4, 0.5) is 10.8 Å². The highest BCUT2D eigenvalue weighted by molar-refractivity contribution is 9.10. The molecule has 1 heterocycles. The van der Waals surface area contributed by atoms with Gasteiger partial charge in [-0.2, -0.15) is 0 Å². The third-order valence-electron chi connectivity index (χ3n) is 3.31. The number of carbonyl (C=O) groups is 1. The first-order valence-electron chi connectivity index (χ1n) is 8.06. The molecule has 0 radical (unpaired) electrons. The van der Waals surface area contributed by atoms with Crippen molar-refractivity contribution >= 4 is 65.8 Å². The highest BCUT2D eigenvalue weighted by Crippen LogP contribution is 2.27. The van der Waals surface area contributed by atoms with Crippen LogP contribution in [-0.2, 0) is 14.8 Å². The van der Waals surface area contributed by atoms with E-state index in [-0.39, 0.29) is 6.54 Å². The summed E-state index contributed by atoms with van der Waals surface area (Å²) in [4.78, 5) is 12.4. The van der Waals surface area contributed by atoms with E-state index in [0.717, 1.165) is 30.7 Å². The summed E-state index contributed by atoms with van der Waals surface area (Å²) in [6, 6.07) is 5.12. The molecule has 0 aliphatic carbocycles. The molecule has 0 unspecified atom stereocenters. The number of anilines is 2. The molecule has 1 aromatic heterocycles. The van der Waals surface area contributed by atoms with Crippen molar-refractivity contribution in [1.82, 2.24) is 10.2 Å². The number of sulfonamides is 1. The number of nitrogens with zero attached hydrogens (tertiary/aromatic N) is 3. The maximum Gasteiger partial charge on any atom is 0.246 e. The van der Waals surface area contributed by atoms with E-state index in [4.69, 9.17) is 0 Å². The van der Waals surface area contributed by atoms with Crippen molar-refractivity contribution in [3.63, 3.8) is 0 Å². The largest absolute Gasteiger partial charge is 0.299 e. The van der Waals surface area contributed by atoms with Gasteiger partial charge in [-0.1, -0.05) is 52.9 Å². The zero-order valence-corrected chi connectivity index (χ0v) is 19.4. The quantitative estimate of drug-likeness (QED) is 0.445. The van der Waals surface area contributed by atoms with E-state index >= 15 is 0 Å². The van der Waals surface area contributed by atoms with Gasteiger partial charge in [0.1, 0.15) is 6.54 Å². The molecule has 0 spiro atoms. The fourth-order valence-electron chi connectivity index (χ4n) is 2.03. The number of aromatic nitrogens is 2. The number of halogens is 1. The molecule has 7 nitrogen and oxygen atoms in total. The smallest absolute Gasteiger partial charge is 0.246 e. The van der Waals surface area contributed by atoms with E-state index in [2.05, 4.69) is 45.3 Å². The third-order valence-corrected chi connectivity index (χ3v) is 7.74. The standard InChI is InChI=1S/C16H21BrN4O3S3/c1-10(2)9-25-16-20-19-15(26-16)18-14(22)8-21(27(4,23)24)12-5-6-13(17)11(3)7-12/h5-7,10H,8-9H2,1-4H3,(H,18,19,22). The van der Waals surface area contributed by atoms with Crippen molar-refractivity contribution < 1.29 is 13.2 Å². The Morgan fingerprint density at radius 2 is 2.07 bits per heavy atom. The molecule has 0 saturated carbocycles. The summed E-state index contributed by atoms with van der Waals surface area (Å²) in [5.74, 6) is 0.958. The van der Waals surface area contributed by atoms with Gasteiger partial charge in [0.05, 0.1) is 11.9 Å². The Bertz CT molecular complexity index is 915. The Hall–Kier alpha value is -1.17. The minimum absolute atomic E-state index is 0.339. The molecule has 2 rings (SSSR count). The average Bonchev–Trinajstić information content (AvgIpc) is 3.00. The van der Waals surface area contributed by atoms with Gasteiger partial charge in [0.2, 0.25) is 21.1 Å². The highest BCUT2D eigenvalue weighted by atomic mass is 79.9. The van der Waals surface area contributed by atoms with Crippen molar-refractivity contribution in [3.8, 4) is 0 Å².